The fourth-order valence-corrected chi connectivity index (χ4v) is 1.38. The minimum Gasteiger partial charge on any atom is -0.220 e. The van der Waals surface area contributed by atoms with Gasteiger partial charge in [-0.3, -0.25) is 0 Å². The van der Waals surface area contributed by atoms with E-state index in [1.54, 1.807) is 17.1 Å². The van der Waals surface area contributed by atoms with Crippen molar-refractivity contribution in [3.8, 4) is 5.82 Å². The summed E-state index contributed by atoms with van der Waals surface area (Å²) in [6.07, 6.45) is 5.41. The molecule has 0 spiro atoms. The van der Waals surface area contributed by atoms with Crippen molar-refractivity contribution in [2.75, 3.05) is 0 Å². The zero-order valence-electron chi connectivity index (χ0n) is 6.98. The third-order valence-corrected chi connectivity index (χ3v) is 2.12. The summed E-state index contributed by atoms with van der Waals surface area (Å²) >= 11 is 2.20. The number of hydrogen-bond acceptors (Lipinski definition) is 3. The lowest BCUT2D eigenvalue weighted by Gasteiger charge is -1.98. The Hall–Kier alpha value is -0.980. The average molecular weight is 286 g/mol. The van der Waals surface area contributed by atoms with E-state index < -0.39 is 0 Å². The normalized spacial score (nSPS) is 10.3. The molecule has 2 aromatic heterocycles. The van der Waals surface area contributed by atoms with Crippen molar-refractivity contribution < 1.29 is 0 Å². The SMILES string of the molecule is Cc1cnnc(-n2cc(I)cn2)c1. The van der Waals surface area contributed by atoms with E-state index in [9.17, 15) is 0 Å². The van der Waals surface area contributed by atoms with Crippen LogP contribution in [-0.4, -0.2) is 20.0 Å². The van der Waals surface area contributed by atoms with Crippen LogP contribution in [0.3, 0.4) is 0 Å². The average Bonchev–Trinajstić information content (AvgIpc) is 2.52. The molecule has 0 radical (unpaired) electrons. The van der Waals surface area contributed by atoms with E-state index in [1.807, 2.05) is 19.2 Å². The first-order valence-corrected chi connectivity index (χ1v) is 4.83. The molecule has 0 aromatic carbocycles. The Bertz CT molecular complexity index is 424. The summed E-state index contributed by atoms with van der Waals surface area (Å²) < 4.78 is 2.79. The number of hydrogen-bond donors (Lipinski definition) is 0. The maximum atomic E-state index is 4.13. The van der Waals surface area contributed by atoms with Gasteiger partial charge in [-0.2, -0.15) is 10.2 Å². The Kier molecular flexibility index (Phi) is 2.26. The van der Waals surface area contributed by atoms with Crippen molar-refractivity contribution in [3.63, 3.8) is 0 Å². The molecular weight excluding hydrogens is 279 g/mol. The summed E-state index contributed by atoms with van der Waals surface area (Å²) in [5.41, 5.74) is 1.08. The molecule has 5 heteroatoms. The molecule has 0 aliphatic carbocycles. The van der Waals surface area contributed by atoms with Gasteiger partial charge in [0, 0.05) is 6.20 Å². The van der Waals surface area contributed by atoms with Crippen LogP contribution in [0.4, 0.5) is 0 Å². The number of aromatic nitrogens is 4. The van der Waals surface area contributed by atoms with Gasteiger partial charge in [0.2, 0.25) is 0 Å². The van der Waals surface area contributed by atoms with Crippen LogP contribution in [0.2, 0.25) is 0 Å². The molecule has 0 bridgehead atoms. The first-order chi connectivity index (χ1) is 6.25. The van der Waals surface area contributed by atoms with Crippen LogP contribution >= 0.6 is 22.6 Å². The highest BCUT2D eigenvalue weighted by molar-refractivity contribution is 14.1. The molecule has 0 unspecified atom stereocenters. The molecule has 0 saturated heterocycles. The minimum absolute atomic E-state index is 0.753. The van der Waals surface area contributed by atoms with Gasteiger partial charge >= 0.3 is 0 Å². The van der Waals surface area contributed by atoms with E-state index in [1.165, 1.54) is 0 Å². The lowest BCUT2D eigenvalue weighted by atomic mass is 10.3. The molecule has 2 heterocycles. The van der Waals surface area contributed by atoms with Crippen LogP contribution in [-0.2, 0) is 0 Å². The standard InChI is InChI=1S/C8H7IN4/c1-6-2-8(12-10-3-6)13-5-7(9)4-11-13/h2-5H,1H3. The smallest absolute Gasteiger partial charge is 0.175 e. The summed E-state index contributed by atoms with van der Waals surface area (Å²) in [6.45, 7) is 1.98. The van der Waals surface area contributed by atoms with Crippen LogP contribution in [0.25, 0.3) is 5.82 Å². The predicted octanol–water partition coefficient (Wildman–Crippen LogP) is 1.58. The topological polar surface area (TPSA) is 43.6 Å². The molecule has 13 heavy (non-hydrogen) atoms. The number of aryl methyl sites for hydroxylation is 1. The fraction of sp³-hybridized carbons (Fsp3) is 0.125. The van der Waals surface area contributed by atoms with Crippen LogP contribution in [0.1, 0.15) is 5.56 Å². The largest absolute Gasteiger partial charge is 0.220 e. The Morgan fingerprint density at radius 3 is 2.85 bits per heavy atom. The maximum absolute atomic E-state index is 4.13. The van der Waals surface area contributed by atoms with Crippen molar-refractivity contribution in [1.29, 1.82) is 0 Å². The van der Waals surface area contributed by atoms with Crippen molar-refractivity contribution in [2.24, 2.45) is 0 Å². The Balaban J connectivity index is 2.46. The molecule has 0 fully saturated rings. The lowest BCUT2D eigenvalue weighted by molar-refractivity contribution is 0.810. The lowest BCUT2D eigenvalue weighted by Crippen LogP contribution is -1.99. The first kappa shape index (κ1) is 8.61. The van der Waals surface area contributed by atoms with Gasteiger partial charge in [-0.05, 0) is 41.1 Å². The van der Waals surface area contributed by atoms with Crippen LogP contribution in [0, 0.1) is 10.5 Å². The van der Waals surface area contributed by atoms with E-state index in [-0.39, 0.29) is 0 Å². The van der Waals surface area contributed by atoms with Crippen LogP contribution in [0.15, 0.2) is 24.7 Å². The van der Waals surface area contributed by atoms with Gasteiger partial charge in [0.15, 0.2) is 5.82 Å². The number of nitrogens with zero attached hydrogens (tertiary/aromatic N) is 4. The molecule has 0 aliphatic heterocycles. The van der Waals surface area contributed by atoms with Crippen molar-refractivity contribution in [1.82, 2.24) is 20.0 Å². The van der Waals surface area contributed by atoms with Gasteiger partial charge in [0.25, 0.3) is 0 Å². The third-order valence-electron chi connectivity index (χ3n) is 1.56. The van der Waals surface area contributed by atoms with Crippen molar-refractivity contribution in [3.05, 3.63) is 33.8 Å². The molecule has 0 amide bonds. The summed E-state index contributed by atoms with van der Waals surface area (Å²) in [5.74, 6) is 0.753. The van der Waals surface area contributed by atoms with E-state index >= 15 is 0 Å². The van der Waals surface area contributed by atoms with E-state index in [4.69, 9.17) is 0 Å². The monoisotopic (exact) mass is 286 g/mol. The van der Waals surface area contributed by atoms with Gasteiger partial charge in [-0.25, -0.2) is 4.68 Å². The van der Waals surface area contributed by atoms with Gasteiger partial charge in [-0.15, -0.1) is 5.10 Å². The summed E-state index contributed by atoms with van der Waals surface area (Å²) in [6, 6.07) is 1.94. The Labute approximate surface area is 89.1 Å². The van der Waals surface area contributed by atoms with Crippen LogP contribution in [0.5, 0.6) is 0 Å². The highest BCUT2D eigenvalue weighted by Gasteiger charge is 2.00. The van der Waals surface area contributed by atoms with Gasteiger partial charge < -0.3 is 0 Å². The second-order valence-electron chi connectivity index (χ2n) is 2.69. The van der Waals surface area contributed by atoms with Gasteiger partial charge in [0.05, 0.1) is 16.0 Å². The first-order valence-electron chi connectivity index (χ1n) is 3.75. The third kappa shape index (κ3) is 1.85. The molecule has 2 aromatic rings. The zero-order valence-corrected chi connectivity index (χ0v) is 9.13. The van der Waals surface area contributed by atoms with Gasteiger partial charge in [-0.1, -0.05) is 0 Å². The van der Waals surface area contributed by atoms with E-state index in [0.717, 1.165) is 15.0 Å². The van der Waals surface area contributed by atoms with Gasteiger partial charge in [0.1, 0.15) is 0 Å². The molecule has 0 aliphatic rings. The van der Waals surface area contributed by atoms with E-state index in [2.05, 4.69) is 37.9 Å². The van der Waals surface area contributed by atoms with E-state index in [0.29, 0.717) is 0 Å². The van der Waals surface area contributed by atoms with Crippen LogP contribution < -0.4 is 0 Å². The summed E-state index contributed by atoms with van der Waals surface area (Å²) in [7, 11) is 0. The fourth-order valence-electron chi connectivity index (χ4n) is 0.987. The maximum Gasteiger partial charge on any atom is 0.175 e. The number of halogens is 1. The molecule has 4 nitrogen and oxygen atoms in total. The molecule has 0 atom stereocenters. The quantitative estimate of drug-likeness (QED) is 0.747. The number of rotatable bonds is 1. The zero-order chi connectivity index (χ0) is 9.26. The van der Waals surface area contributed by atoms with Crippen molar-refractivity contribution >= 4 is 22.6 Å². The molecule has 0 N–H and O–H groups in total. The highest BCUT2D eigenvalue weighted by Crippen LogP contribution is 2.07. The molecule has 2 rings (SSSR count). The van der Waals surface area contributed by atoms with Crippen molar-refractivity contribution in [2.45, 2.75) is 6.92 Å². The minimum atomic E-state index is 0.753. The molecular formula is C8H7IN4. The Morgan fingerprint density at radius 2 is 2.23 bits per heavy atom. The highest BCUT2D eigenvalue weighted by atomic mass is 127. The summed E-state index contributed by atoms with van der Waals surface area (Å²) in [4.78, 5) is 0. The second-order valence-corrected chi connectivity index (χ2v) is 3.94. The summed E-state index contributed by atoms with van der Waals surface area (Å²) in [5, 5.41) is 12.0. The molecule has 66 valence electrons. The predicted molar refractivity (Wildman–Crippen MR) is 56.6 cm³/mol. The second kappa shape index (κ2) is 3.41. The molecule has 0 saturated carbocycles. The Morgan fingerprint density at radius 1 is 1.38 bits per heavy atom.